The molecule has 2 amide bonds. The van der Waals surface area contributed by atoms with E-state index in [-0.39, 0.29) is 50.3 Å². The zero-order valence-corrected chi connectivity index (χ0v) is 42.6. The third kappa shape index (κ3) is 12.6. The van der Waals surface area contributed by atoms with E-state index in [4.69, 9.17) is 53.6 Å². The van der Waals surface area contributed by atoms with Gasteiger partial charge in [-0.25, -0.2) is 0 Å². The van der Waals surface area contributed by atoms with Crippen LogP contribution in [0, 0.1) is 13.8 Å². The number of amides is 2. The number of hydrogen-bond donors (Lipinski definition) is 2. The number of pyridine rings is 2. The topological polar surface area (TPSA) is 180 Å². The van der Waals surface area contributed by atoms with Gasteiger partial charge in [0.1, 0.15) is 49.4 Å². The summed E-state index contributed by atoms with van der Waals surface area (Å²) in [6.07, 6.45) is 13.7. The van der Waals surface area contributed by atoms with Crippen molar-refractivity contribution >= 4 is 47.4 Å². The van der Waals surface area contributed by atoms with Gasteiger partial charge in [-0.3, -0.25) is 39.3 Å². The standard InChI is InChI=1S/C56H60Cl2N8O6/c1-35-41(33-71-53-21-51(69-31-39-17-37(23-61-3)25-63-27-39)43(19-47(53)57)29-65-15-7-13-49(65)55(59)67)9-5-11-45(35)46-12-6-10-42(36(46)2)34-72-54-22-52(70-32-40-18-38(24-62-4)26-64-28-40)44(20-48(54)58)30-66-16-8-14-50(66)56(60)68/h5-6,9-12,17-28,49-50H,7-8,13-16,29-34H2,1-4H3,(H2,59,67)(H2,60,68)/b61-23+,62-24+/t49-,50-/m0/s1. The van der Waals surface area contributed by atoms with Gasteiger partial charge in [0.15, 0.2) is 0 Å². The molecule has 374 valence electrons. The van der Waals surface area contributed by atoms with Crippen molar-refractivity contribution in [3.05, 3.63) is 163 Å². The van der Waals surface area contributed by atoms with Crippen molar-refractivity contribution < 1.29 is 28.5 Å². The Balaban J connectivity index is 1.00. The van der Waals surface area contributed by atoms with E-state index in [2.05, 4.69) is 55.7 Å². The summed E-state index contributed by atoms with van der Waals surface area (Å²) >= 11 is 13.9. The second-order valence-corrected chi connectivity index (χ2v) is 19.0. The van der Waals surface area contributed by atoms with Crippen molar-refractivity contribution in [3.8, 4) is 34.1 Å². The molecule has 4 N–H and O–H groups in total. The highest BCUT2D eigenvalue weighted by Crippen LogP contribution is 2.39. The lowest BCUT2D eigenvalue weighted by Crippen LogP contribution is -2.39. The van der Waals surface area contributed by atoms with Crippen LogP contribution < -0.4 is 30.4 Å². The highest BCUT2D eigenvalue weighted by molar-refractivity contribution is 6.32. The van der Waals surface area contributed by atoms with Crippen molar-refractivity contribution in [2.45, 2.75) is 91.1 Å². The van der Waals surface area contributed by atoms with Gasteiger partial charge in [-0.15, -0.1) is 0 Å². The normalized spacial score (nSPS) is 16.2. The monoisotopic (exact) mass is 1010 g/mol. The summed E-state index contributed by atoms with van der Waals surface area (Å²) in [4.78, 5) is 45.7. The first-order valence-corrected chi connectivity index (χ1v) is 24.8. The van der Waals surface area contributed by atoms with Gasteiger partial charge in [0, 0.05) is 110 Å². The van der Waals surface area contributed by atoms with Crippen LogP contribution in [0.1, 0.15) is 81.3 Å². The lowest BCUT2D eigenvalue weighted by Gasteiger charge is -2.24. The summed E-state index contributed by atoms with van der Waals surface area (Å²) in [7, 11) is 3.43. The molecular weight excluding hydrogens is 952 g/mol. The fourth-order valence-corrected chi connectivity index (χ4v) is 9.99. The number of nitrogens with two attached hydrogens (primary N) is 2. The van der Waals surface area contributed by atoms with Crippen LogP contribution in [0.5, 0.6) is 23.0 Å². The zero-order valence-electron chi connectivity index (χ0n) is 41.1. The van der Waals surface area contributed by atoms with Crippen LogP contribution in [0.3, 0.4) is 0 Å². The summed E-state index contributed by atoms with van der Waals surface area (Å²) in [6, 6.07) is 23.0. The number of benzene rings is 4. The minimum absolute atomic E-state index is 0.243. The Bertz CT molecular complexity index is 2790. The predicted molar refractivity (Wildman–Crippen MR) is 282 cm³/mol. The molecule has 2 atom stereocenters. The van der Waals surface area contributed by atoms with E-state index in [0.29, 0.717) is 59.0 Å². The molecule has 0 bridgehead atoms. The van der Waals surface area contributed by atoms with E-state index in [1.54, 1.807) is 51.3 Å². The second kappa shape index (κ2) is 24.1. The van der Waals surface area contributed by atoms with E-state index in [9.17, 15) is 9.59 Å². The van der Waals surface area contributed by atoms with Crippen LogP contribution in [0.4, 0.5) is 0 Å². The van der Waals surface area contributed by atoms with E-state index >= 15 is 0 Å². The predicted octanol–water partition coefficient (Wildman–Crippen LogP) is 9.38. The van der Waals surface area contributed by atoms with E-state index in [1.165, 1.54) is 0 Å². The van der Waals surface area contributed by atoms with Crippen LogP contribution in [0.15, 0.2) is 108 Å². The summed E-state index contributed by atoms with van der Waals surface area (Å²) in [6.45, 7) is 7.50. The number of aromatic nitrogens is 2. The molecule has 4 heterocycles. The van der Waals surface area contributed by atoms with Gasteiger partial charge < -0.3 is 30.4 Å². The first-order valence-electron chi connectivity index (χ1n) is 24.0. The summed E-state index contributed by atoms with van der Waals surface area (Å²) < 4.78 is 25.9. The average molecular weight is 1010 g/mol. The number of carbonyl (C=O) groups is 2. The van der Waals surface area contributed by atoms with Gasteiger partial charge in [0.2, 0.25) is 11.8 Å². The Morgan fingerprint density at radius 3 is 1.42 bits per heavy atom. The Morgan fingerprint density at radius 2 is 1.01 bits per heavy atom. The van der Waals surface area contributed by atoms with Crippen LogP contribution in [0.2, 0.25) is 10.0 Å². The van der Waals surface area contributed by atoms with E-state index < -0.39 is 0 Å². The van der Waals surface area contributed by atoms with Gasteiger partial charge in [0.25, 0.3) is 0 Å². The molecule has 2 aliphatic rings. The maximum Gasteiger partial charge on any atom is 0.234 e. The zero-order chi connectivity index (χ0) is 50.7. The molecule has 0 unspecified atom stereocenters. The number of halogens is 2. The summed E-state index contributed by atoms with van der Waals surface area (Å²) in [5.74, 6) is 1.42. The summed E-state index contributed by atoms with van der Waals surface area (Å²) in [5.41, 5.74) is 22.8. The van der Waals surface area contributed by atoms with Crippen molar-refractivity contribution in [1.29, 1.82) is 0 Å². The number of hydrogen-bond acceptors (Lipinski definition) is 12. The fourth-order valence-electron chi connectivity index (χ4n) is 9.51. The largest absolute Gasteiger partial charge is 0.488 e. The molecule has 2 aliphatic heterocycles. The van der Waals surface area contributed by atoms with Gasteiger partial charge >= 0.3 is 0 Å². The molecule has 14 nitrogen and oxygen atoms in total. The molecule has 16 heteroatoms. The van der Waals surface area contributed by atoms with E-state index in [1.807, 2.05) is 60.7 Å². The first kappa shape index (κ1) is 51.5. The van der Waals surface area contributed by atoms with Gasteiger partial charge in [-0.05, 0) is 110 Å². The van der Waals surface area contributed by atoms with Gasteiger partial charge in [-0.1, -0.05) is 59.6 Å². The molecule has 4 aromatic carbocycles. The maximum atomic E-state index is 12.3. The number of primary amides is 2. The van der Waals surface area contributed by atoms with Crippen LogP contribution in [-0.4, -0.2) is 83.3 Å². The SMILES string of the molecule is C/N=C/c1cncc(COc2cc(OCc3cccc(-c4cccc(COc5cc(OCc6cncc(/C=N/C)c6)c(CN6CCC[C@H]6C(N)=O)cc5Cl)c4C)c3C)c(Cl)cc2CN2CCC[C@H]2C(N)=O)c1. The van der Waals surface area contributed by atoms with E-state index in [0.717, 1.165) is 92.7 Å². The maximum absolute atomic E-state index is 12.3. The Labute approximate surface area is 431 Å². The highest BCUT2D eigenvalue weighted by atomic mass is 35.5. The number of rotatable bonds is 21. The minimum Gasteiger partial charge on any atom is -0.488 e. The Kier molecular flexibility index (Phi) is 17.2. The first-order chi connectivity index (χ1) is 34.9. The molecule has 2 fully saturated rings. The molecule has 2 saturated heterocycles. The Hall–Kier alpha value is -6.84. The number of aliphatic imine (C=N–C) groups is 2. The van der Waals surface area contributed by atoms with Gasteiger partial charge in [-0.2, -0.15) is 0 Å². The number of carbonyl (C=O) groups excluding carboxylic acids is 2. The third-order valence-electron chi connectivity index (χ3n) is 13.3. The molecule has 6 aromatic rings. The van der Waals surface area contributed by atoms with Gasteiger partial charge in [0.05, 0.1) is 22.1 Å². The molecular formula is C56H60Cl2N8O6. The van der Waals surface area contributed by atoms with Crippen molar-refractivity contribution in [2.24, 2.45) is 21.5 Å². The lowest BCUT2D eigenvalue weighted by atomic mass is 9.92. The van der Waals surface area contributed by atoms with Crippen molar-refractivity contribution in [1.82, 2.24) is 19.8 Å². The summed E-state index contributed by atoms with van der Waals surface area (Å²) in [5, 5.41) is 0.850. The second-order valence-electron chi connectivity index (χ2n) is 18.2. The van der Waals surface area contributed by atoms with Crippen LogP contribution in [-0.2, 0) is 49.1 Å². The molecule has 0 radical (unpaired) electrons. The van der Waals surface area contributed by atoms with Crippen molar-refractivity contribution in [2.75, 3.05) is 27.2 Å². The Morgan fingerprint density at radius 1 is 0.597 bits per heavy atom. The molecule has 72 heavy (non-hydrogen) atoms. The van der Waals surface area contributed by atoms with Crippen LogP contribution >= 0.6 is 23.2 Å². The molecule has 0 saturated carbocycles. The molecule has 8 rings (SSSR count). The minimum atomic E-state index is -0.358. The molecule has 0 aliphatic carbocycles. The molecule has 2 aromatic heterocycles. The third-order valence-corrected chi connectivity index (χ3v) is 13.9. The van der Waals surface area contributed by atoms with Crippen molar-refractivity contribution in [3.63, 3.8) is 0 Å². The lowest BCUT2D eigenvalue weighted by molar-refractivity contribution is -0.123. The average Bonchev–Trinajstić information content (AvgIpc) is 4.04. The van der Waals surface area contributed by atoms with Crippen LogP contribution in [0.25, 0.3) is 11.1 Å². The molecule has 0 spiro atoms. The fraction of sp³-hybridized carbons (Fsp3) is 0.321. The number of likely N-dealkylation sites (tertiary alicyclic amines) is 2. The number of nitrogens with zero attached hydrogens (tertiary/aromatic N) is 6. The highest BCUT2D eigenvalue weighted by Gasteiger charge is 2.31. The quantitative estimate of drug-likeness (QED) is 0.0660. The number of ether oxygens (including phenoxy) is 4. The smallest absolute Gasteiger partial charge is 0.234 e.